The highest BCUT2D eigenvalue weighted by Gasteiger charge is 2.47. The molecule has 2 unspecified atom stereocenters. The van der Waals surface area contributed by atoms with E-state index in [1.54, 1.807) is 18.3 Å². The number of nitriles is 1. The first-order valence-electron chi connectivity index (χ1n) is 11.6. The van der Waals surface area contributed by atoms with Crippen LogP contribution in [-0.2, 0) is 4.79 Å². The molecule has 3 fully saturated rings. The van der Waals surface area contributed by atoms with Crippen LogP contribution in [0.2, 0.25) is 0 Å². The Morgan fingerprint density at radius 1 is 1.19 bits per heavy atom. The molecule has 11 heteroatoms. The lowest BCUT2D eigenvalue weighted by atomic mass is 9.61. The Hall–Kier alpha value is -3.91. The van der Waals surface area contributed by atoms with Crippen LogP contribution < -0.4 is 5.32 Å². The molecule has 0 spiro atoms. The van der Waals surface area contributed by atoms with E-state index in [4.69, 9.17) is 0 Å². The van der Waals surface area contributed by atoms with Crippen molar-refractivity contribution in [1.82, 2.24) is 19.9 Å². The molecule has 7 rings (SSSR count). The van der Waals surface area contributed by atoms with Crippen molar-refractivity contribution in [2.75, 3.05) is 5.32 Å². The van der Waals surface area contributed by atoms with Crippen LogP contribution in [0.15, 0.2) is 30.6 Å². The number of fused-ring (bicyclic) bond motifs is 4. The number of thiophene rings is 1. The number of carbonyl (C=O) groups is 1. The summed E-state index contributed by atoms with van der Waals surface area (Å²) in [5, 5.41) is 22.8. The number of aliphatic carboxylic acids is 1. The van der Waals surface area contributed by atoms with Crippen LogP contribution >= 0.6 is 11.3 Å². The molecule has 0 aromatic carbocycles. The first-order valence-corrected chi connectivity index (χ1v) is 12.4. The van der Waals surface area contributed by atoms with Gasteiger partial charge in [-0.05, 0) is 55.7 Å². The highest BCUT2D eigenvalue weighted by Crippen LogP contribution is 2.47. The van der Waals surface area contributed by atoms with Gasteiger partial charge in [0.15, 0.2) is 17.5 Å². The van der Waals surface area contributed by atoms with Crippen molar-refractivity contribution >= 4 is 34.2 Å². The van der Waals surface area contributed by atoms with Crippen molar-refractivity contribution in [1.29, 1.82) is 5.26 Å². The molecule has 182 valence electrons. The van der Waals surface area contributed by atoms with Gasteiger partial charge < -0.3 is 15.4 Å². The summed E-state index contributed by atoms with van der Waals surface area (Å²) in [4.78, 5) is 28.9. The zero-order chi connectivity index (χ0) is 25.0. The Bertz CT molecular complexity index is 1540. The minimum Gasteiger partial charge on any atom is -0.481 e. The topological polar surface area (TPSA) is 128 Å². The summed E-state index contributed by atoms with van der Waals surface area (Å²) in [6.45, 7) is 0. The normalized spacial score (nSPS) is 23.0. The second kappa shape index (κ2) is 8.64. The van der Waals surface area contributed by atoms with Gasteiger partial charge in [-0.2, -0.15) is 5.26 Å². The molecule has 0 radical (unpaired) electrons. The molecule has 3 saturated carbocycles. The second-order valence-electron chi connectivity index (χ2n) is 9.30. The maximum Gasteiger partial charge on any atom is 0.308 e. The lowest BCUT2D eigenvalue weighted by Crippen LogP contribution is -2.51. The van der Waals surface area contributed by atoms with Gasteiger partial charge in [-0.15, -0.1) is 11.3 Å². The summed E-state index contributed by atoms with van der Waals surface area (Å²) in [6.07, 6.45) is 6.12. The van der Waals surface area contributed by atoms with E-state index in [9.17, 15) is 19.6 Å². The van der Waals surface area contributed by atoms with E-state index in [0.717, 1.165) is 43.2 Å². The van der Waals surface area contributed by atoms with Gasteiger partial charge in [0.05, 0.1) is 17.0 Å². The fourth-order valence-corrected chi connectivity index (χ4v) is 6.47. The van der Waals surface area contributed by atoms with Crippen LogP contribution in [0, 0.1) is 40.7 Å². The molecular formula is C25H20F2N6O2S. The number of halogens is 2. The SMILES string of the molecule is N#Cc1ccc(-c2nc(-c3c[nH]c4ncc(F)cc34)nc(NC3C4CCC(CC4)C3C(=O)O)c2F)s1. The molecule has 0 aliphatic heterocycles. The van der Waals surface area contributed by atoms with E-state index in [0.29, 0.717) is 26.4 Å². The number of carboxylic acids is 1. The van der Waals surface area contributed by atoms with E-state index < -0.39 is 29.6 Å². The average Bonchev–Trinajstić information content (AvgIpc) is 3.53. The Balaban J connectivity index is 1.50. The van der Waals surface area contributed by atoms with Crippen molar-refractivity contribution in [3.8, 4) is 28.0 Å². The zero-order valence-corrected chi connectivity index (χ0v) is 19.6. The molecule has 2 bridgehead atoms. The fourth-order valence-electron chi connectivity index (χ4n) is 5.68. The number of hydrogen-bond donors (Lipinski definition) is 3. The standard InChI is InChI=1S/C25H20F2N6O2S/c26-13-7-15-16(10-30-22(15)29-9-13)23-32-21(17-6-5-14(8-28)36-17)19(27)24(33-23)31-20-12-3-1-11(2-4-12)18(20)25(34)35/h5-7,9-12,18,20H,1-4H2,(H,29,30)(H,34,35)(H,31,32,33). The van der Waals surface area contributed by atoms with Crippen molar-refractivity contribution in [3.63, 3.8) is 0 Å². The number of aromatic nitrogens is 4. The highest BCUT2D eigenvalue weighted by molar-refractivity contribution is 7.15. The van der Waals surface area contributed by atoms with E-state index >= 15 is 4.39 Å². The van der Waals surface area contributed by atoms with Gasteiger partial charge >= 0.3 is 5.97 Å². The molecule has 2 atom stereocenters. The van der Waals surface area contributed by atoms with Gasteiger partial charge in [-0.25, -0.2) is 23.7 Å². The minimum absolute atomic E-state index is 0.0134. The third kappa shape index (κ3) is 3.69. The van der Waals surface area contributed by atoms with Crippen LogP contribution in [0.25, 0.3) is 33.0 Å². The Labute approximate surface area is 208 Å². The molecule has 4 heterocycles. The average molecular weight is 507 g/mol. The number of nitrogens with zero attached hydrogens (tertiary/aromatic N) is 4. The smallest absolute Gasteiger partial charge is 0.308 e. The molecule has 3 aliphatic carbocycles. The summed E-state index contributed by atoms with van der Waals surface area (Å²) in [5.41, 5.74) is 0.840. The molecule has 0 saturated heterocycles. The molecule has 3 N–H and O–H groups in total. The number of carboxylic acid groups (broad SMARTS) is 1. The maximum absolute atomic E-state index is 15.9. The maximum atomic E-state index is 15.9. The van der Waals surface area contributed by atoms with Gasteiger partial charge in [0.1, 0.15) is 28.1 Å². The number of rotatable bonds is 5. The van der Waals surface area contributed by atoms with Gasteiger partial charge in [0, 0.05) is 23.2 Å². The molecule has 4 aromatic heterocycles. The quantitative estimate of drug-likeness (QED) is 0.339. The van der Waals surface area contributed by atoms with Crippen LogP contribution in [0.5, 0.6) is 0 Å². The van der Waals surface area contributed by atoms with E-state index in [-0.39, 0.29) is 29.2 Å². The Morgan fingerprint density at radius 2 is 1.97 bits per heavy atom. The van der Waals surface area contributed by atoms with Crippen molar-refractivity contribution in [2.45, 2.75) is 31.7 Å². The van der Waals surface area contributed by atoms with E-state index in [1.807, 2.05) is 6.07 Å². The van der Waals surface area contributed by atoms with Crippen LogP contribution in [-0.4, -0.2) is 37.1 Å². The second-order valence-corrected chi connectivity index (χ2v) is 10.4. The Morgan fingerprint density at radius 3 is 2.69 bits per heavy atom. The molecule has 36 heavy (non-hydrogen) atoms. The minimum atomic E-state index is -0.896. The van der Waals surface area contributed by atoms with Crippen LogP contribution in [0.3, 0.4) is 0 Å². The summed E-state index contributed by atoms with van der Waals surface area (Å²) >= 11 is 1.09. The third-order valence-corrected chi connectivity index (χ3v) is 8.34. The third-order valence-electron chi connectivity index (χ3n) is 7.35. The predicted octanol–water partition coefficient (Wildman–Crippen LogP) is 5.20. The molecular weight excluding hydrogens is 486 g/mol. The van der Waals surface area contributed by atoms with Crippen molar-refractivity contribution < 1.29 is 18.7 Å². The molecule has 0 amide bonds. The van der Waals surface area contributed by atoms with E-state index in [1.165, 1.54) is 6.07 Å². The van der Waals surface area contributed by atoms with Crippen molar-refractivity contribution in [3.05, 3.63) is 47.1 Å². The first-order chi connectivity index (χ1) is 17.4. The van der Waals surface area contributed by atoms with Crippen molar-refractivity contribution in [2.24, 2.45) is 17.8 Å². The predicted molar refractivity (Wildman–Crippen MR) is 129 cm³/mol. The number of aromatic amines is 1. The summed E-state index contributed by atoms with van der Waals surface area (Å²) in [7, 11) is 0. The molecule has 4 aromatic rings. The lowest BCUT2D eigenvalue weighted by Gasteiger charge is -2.47. The largest absolute Gasteiger partial charge is 0.481 e. The molecule has 8 nitrogen and oxygen atoms in total. The summed E-state index contributed by atoms with van der Waals surface area (Å²) in [5.74, 6) is -2.65. The van der Waals surface area contributed by atoms with Gasteiger partial charge in [0.2, 0.25) is 0 Å². The van der Waals surface area contributed by atoms with Gasteiger partial charge in [-0.3, -0.25) is 4.79 Å². The highest BCUT2D eigenvalue weighted by atomic mass is 32.1. The fraction of sp³-hybridized carbons (Fsp3) is 0.320. The number of H-pyrrole nitrogens is 1. The van der Waals surface area contributed by atoms with Gasteiger partial charge in [-0.1, -0.05) is 0 Å². The summed E-state index contributed by atoms with van der Waals surface area (Å²) < 4.78 is 29.9. The number of nitrogens with one attached hydrogen (secondary N) is 2. The number of anilines is 1. The van der Waals surface area contributed by atoms with Crippen LogP contribution in [0.1, 0.15) is 30.6 Å². The van der Waals surface area contributed by atoms with E-state index in [2.05, 4.69) is 25.3 Å². The monoisotopic (exact) mass is 506 g/mol. The zero-order valence-electron chi connectivity index (χ0n) is 18.8. The first kappa shape index (κ1) is 22.5. The summed E-state index contributed by atoms with van der Waals surface area (Å²) in [6, 6.07) is 6.07. The van der Waals surface area contributed by atoms with Crippen LogP contribution in [0.4, 0.5) is 14.6 Å². The van der Waals surface area contributed by atoms with Gasteiger partial charge in [0.25, 0.3) is 0 Å². The number of hydrogen-bond acceptors (Lipinski definition) is 7. The molecule has 3 aliphatic rings. The Kier molecular flexibility index (Phi) is 5.41. The number of pyridine rings is 1. The lowest BCUT2D eigenvalue weighted by molar-refractivity contribution is -0.148.